The molecule has 28 heavy (non-hydrogen) atoms. The van der Waals surface area contributed by atoms with Gasteiger partial charge in [-0.15, -0.1) is 0 Å². The zero-order chi connectivity index (χ0) is 19.7. The Labute approximate surface area is 165 Å². The summed E-state index contributed by atoms with van der Waals surface area (Å²) in [6.07, 6.45) is 1.87. The van der Waals surface area contributed by atoms with Crippen LogP contribution in [0.5, 0.6) is 5.75 Å². The van der Waals surface area contributed by atoms with Crippen LogP contribution in [0.2, 0.25) is 0 Å². The smallest absolute Gasteiger partial charge is 0.131 e. The van der Waals surface area contributed by atoms with Crippen LogP contribution in [0, 0.1) is 0 Å². The zero-order valence-electron chi connectivity index (χ0n) is 16.2. The van der Waals surface area contributed by atoms with Gasteiger partial charge in [0.25, 0.3) is 0 Å². The largest absolute Gasteiger partial charge is 0.485 e. The van der Waals surface area contributed by atoms with Crippen molar-refractivity contribution >= 4 is 10.9 Å². The highest BCUT2D eigenvalue weighted by atomic mass is 16.5. The Morgan fingerprint density at radius 2 is 1.93 bits per heavy atom. The Balaban J connectivity index is 1.67. The Morgan fingerprint density at radius 1 is 1.14 bits per heavy atom. The maximum absolute atomic E-state index is 11.0. The highest BCUT2D eigenvalue weighted by Crippen LogP contribution is 2.42. The average Bonchev–Trinajstić information content (AvgIpc) is 2.70. The number of nitrogens with one attached hydrogen (secondary N) is 1. The molecular weight excluding hydrogens is 352 g/mol. The van der Waals surface area contributed by atoms with Gasteiger partial charge in [0.15, 0.2) is 0 Å². The number of nitrogens with zero attached hydrogens (tertiary/aromatic N) is 1. The van der Waals surface area contributed by atoms with Crippen molar-refractivity contribution in [2.45, 2.75) is 44.6 Å². The third-order valence-electron chi connectivity index (χ3n) is 5.49. The number of benzene rings is 2. The zero-order valence-corrected chi connectivity index (χ0v) is 16.2. The molecule has 146 valence electrons. The summed E-state index contributed by atoms with van der Waals surface area (Å²) in [5.41, 5.74) is 3.02. The van der Waals surface area contributed by atoms with Gasteiger partial charge >= 0.3 is 0 Å². The summed E-state index contributed by atoms with van der Waals surface area (Å²) in [6.45, 7) is 4.48. The fourth-order valence-corrected chi connectivity index (χ4v) is 3.87. The number of hydrogen-bond acceptors (Lipinski definition) is 5. The van der Waals surface area contributed by atoms with Crippen LogP contribution in [-0.2, 0) is 13.0 Å². The fourth-order valence-electron chi connectivity index (χ4n) is 3.87. The summed E-state index contributed by atoms with van der Waals surface area (Å²) in [4.78, 5) is 4.45. The van der Waals surface area contributed by atoms with Gasteiger partial charge in [0.05, 0.1) is 18.2 Å². The molecule has 0 fully saturated rings. The van der Waals surface area contributed by atoms with E-state index in [2.05, 4.69) is 22.4 Å². The van der Waals surface area contributed by atoms with Crippen LogP contribution in [0.4, 0.5) is 0 Å². The maximum atomic E-state index is 11.0. The highest BCUT2D eigenvalue weighted by Gasteiger charge is 2.42. The van der Waals surface area contributed by atoms with Crippen LogP contribution in [0.15, 0.2) is 54.7 Å². The van der Waals surface area contributed by atoms with E-state index in [1.807, 2.05) is 50.2 Å². The average molecular weight is 378 g/mol. The minimum atomic E-state index is -0.729. The number of aromatic nitrogens is 1. The lowest BCUT2D eigenvalue weighted by Gasteiger charge is -2.42. The topological polar surface area (TPSA) is 74.6 Å². The van der Waals surface area contributed by atoms with Crippen molar-refractivity contribution in [2.24, 2.45) is 0 Å². The second kappa shape index (κ2) is 7.51. The monoisotopic (exact) mass is 378 g/mol. The van der Waals surface area contributed by atoms with E-state index < -0.39 is 11.7 Å². The first-order valence-electron chi connectivity index (χ1n) is 9.66. The van der Waals surface area contributed by atoms with Gasteiger partial charge in [-0.05, 0) is 56.1 Å². The van der Waals surface area contributed by atoms with Crippen molar-refractivity contribution in [3.05, 3.63) is 71.4 Å². The normalized spacial score (nSPS) is 20.6. The Kier molecular flexibility index (Phi) is 5.06. The summed E-state index contributed by atoms with van der Waals surface area (Å²) in [6, 6.07) is 15.7. The van der Waals surface area contributed by atoms with Crippen LogP contribution >= 0.6 is 0 Å². The standard InChI is InChI=1S/C23H26N2O3/c1-23(2)22(27)21(25-10-8-15-6-4-3-5-7-15)18-12-19-17(13-20(18)28-23)16(14-26)9-11-24-19/h3-7,9,11-13,21-22,25-27H,8,10,14H2,1-2H3. The lowest BCUT2D eigenvalue weighted by molar-refractivity contribution is -0.0642. The number of pyridine rings is 1. The number of aliphatic hydroxyl groups is 2. The number of rotatable bonds is 5. The van der Waals surface area contributed by atoms with Crippen molar-refractivity contribution in [2.75, 3.05) is 6.54 Å². The van der Waals surface area contributed by atoms with Crippen molar-refractivity contribution < 1.29 is 14.9 Å². The van der Waals surface area contributed by atoms with E-state index in [0.717, 1.165) is 40.7 Å². The van der Waals surface area contributed by atoms with Crippen molar-refractivity contribution in [1.82, 2.24) is 10.3 Å². The molecule has 2 unspecified atom stereocenters. The molecule has 0 amide bonds. The molecule has 2 atom stereocenters. The second-order valence-corrected chi connectivity index (χ2v) is 7.85. The molecule has 0 saturated carbocycles. The third kappa shape index (κ3) is 3.49. The van der Waals surface area contributed by atoms with Gasteiger partial charge in [0.2, 0.25) is 0 Å². The minimum absolute atomic E-state index is 0.0530. The van der Waals surface area contributed by atoms with E-state index in [-0.39, 0.29) is 12.6 Å². The molecule has 2 heterocycles. The van der Waals surface area contributed by atoms with Crippen molar-refractivity contribution in [3.8, 4) is 5.75 Å². The molecule has 0 aliphatic carbocycles. The second-order valence-electron chi connectivity index (χ2n) is 7.85. The Bertz CT molecular complexity index is 972. The summed E-state index contributed by atoms with van der Waals surface area (Å²) in [7, 11) is 0. The molecular formula is C23H26N2O3. The van der Waals surface area contributed by atoms with Gasteiger partial charge in [-0.1, -0.05) is 30.3 Å². The number of hydrogen-bond donors (Lipinski definition) is 3. The first-order valence-corrected chi connectivity index (χ1v) is 9.66. The Morgan fingerprint density at radius 3 is 2.68 bits per heavy atom. The molecule has 5 nitrogen and oxygen atoms in total. The van der Waals surface area contributed by atoms with Crippen LogP contribution in [0.1, 0.15) is 36.6 Å². The van der Waals surface area contributed by atoms with Gasteiger partial charge in [-0.2, -0.15) is 0 Å². The predicted octanol–water partition coefficient (Wildman–Crippen LogP) is 3.13. The van der Waals surface area contributed by atoms with E-state index in [0.29, 0.717) is 0 Å². The van der Waals surface area contributed by atoms with Gasteiger partial charge in [0.1, 0.15) is 17.5 Å². The predicted molar refractivity (Wildman–Crippen MR) is 109 cm³/mol. The molecule has 4 rings (SSSR count). The molecule has 1 aliphatic heterocycles. The molecule has 0 spiro atoms. The molecule has 1 aromatic heterocycles. The molecule has 5 heteroatoms. The molecule has 0 bridgehead atoms. The Hall–Kier alpha value is -2.47. The first kappa shape index (κ1) is 18.9. The van der Waals surface area contributed by atoms with Crippen LogP contribution in [0.3, 0.4) is 0 Å². The third-order valence-corrected chi connectivity index (χ3v) is 5.49. The number of ether oxygens (including phenoxy) is 1. The van der Waals surface area contributed by atoms with E-state index in [4.69, 9.17) is 4.74 Å². The summed E-state index contributed by atoms with van der Waals surface area (Å²) in [5.74, 6) is 0.725. The van der Waals surface area contributed by atoms with Crippen LogP contribution in [-0.4, -0.2) is 33.4 Å². The lowest BCUT2D eigenvalue weighted by Crippen LogP contribution is -2.52. The van der Waals surface area contributed by atoms with Gasteiger partial charge in [-0.3, -0.25) is 4.98 Å². The van der Waals surface area contributed by atoms with E-state index >= 15 is 0 Å². The van der Waals surface area contributed by atoms with Crippen molar-refractivity contribution in [3.63, 3.8) is 0 Å². The van der Waals surface area contributed by atoms with E-state index in [1.54, 1.807) is 6.20 Å². The highest BCUT2D eigenvalue weighted by molar-refractivity contribution is 5.85. The molecule has 2 aromatic carbocycles. The summed E-state index contributed by atoms with van der Waals surface area (Å²) >= 11 is 0. The molecule has 0 saturated heterocycles. The van der Waals surface area contributed by atoms with E-state index in [9.17, 15) is 10.2 Å². The molecule has 1 aliphatic rings. The maximum Gasteiger partial charge on any atom is 0.131 e. The van der Waals surface area contributed by atoms with Gasteiger partial charge in [0, 0.05) is 17.1 Å². The first-order chi connectivity index (χ1) is 13.5. The van der Waals surface area contributed by atoms with Crippen molar-refractivity contribution in [1.29, 1.82) is 0 Å². The van der Waals surface area contributed by atoms with Gasteiger partial charge < -0.3 is 20.3 Å². The van der Waals surface area contributed by atoms with Crippen LogP contribution in [0.25, 0.3) is 10.9 Å². The SMILES string of the molecule is CC1(C)Oc2cc3c(CO)ccnc3cc2C(NCCc2ccccc2)C1O. The quantitative estimate of drug-likeness (QED) is 0.636. The number of fused-ring (bicyclic) bond motifs is 2. The summed E-state index contributed by atoms with van der Waals surface area (Å²) in [5, 5.41) is 25.0. The van der Waals surface area contributed by atoms with Crippen LogP contribution < -0.4 is 10.1 Å². The lowest BCUT2D eigenvalue weighted by atomic mass is 9.85. The summed E-state index contributed by atoms with van der Waals surface area (Å²) < 4.78 is 6.13. The van der Waals surface area contributed by atoms with Gasteiger partial charge in [-0.25, -0.2) is 0 Å². The number of aliphatic hydroxyl groups excluding tert-OH is 2. The molecule has 3 aromatic rings. The fraction of sp³-hybridized carbons (Fsp3) is 0.348. The van der Waals surface area contributed by atoms with E-state index in [1.165, 1.54) is 5.56 Å². The minimum Gasteiger partial charge on any atom is -0.485 e. The molecule has 3 N–H and O–H groups in total. The molecule has 0 radical (unpaired) electrons.